The molecule has 1 aromatic heterocycles. The van der Waals surface area contributed by atoms with Crippen LogP contribution in [0.2, 0.25) is 0 Å². The van der Waals surface area contributed by atoms with Crippen molar-refractivity contribution in [3.8, 4) is 0 Å². The van der Waals surface area contributed by atoms with E-state index in [1.54, 1.807) is 0 Å². The van der Waals surface area contributed by atoms with E-state index in [-0.39, 0.29) is 18.0 Å². The summed E-state index contributed by atoms with van der Waals surface area (Å²) in [6, 6.07) is 7.71. The van der Waals surface area contributed by atoms with Crippen LogP contribution in [-0.4, -0.2) is 11.5 Å². The molecule has 0 saturated carbocycles. The lowest BCUT2D eigenvalue weighted by Crippen LogP contribution is -2.25. The normalized spacial score (nSPS) is 12.4. The van der Waals surface area contributed by atoms with Crippen LogP contribution < -0.4 is 5.32 Å². The molecule has 0 aliphatic carbocycles. The van der Waals surface area contributed by atoms with Crippen molar-refractivity contribution in [1.82, 2.24) is 10.3 Å². The van der Waals surface area contributed by atoms with E-state index in [1.165, 1.54) is 18.2 Å². The number of nitrogens with zero attached hydrogens (tertiary/aromatic N) is 1. The Labute approximate surface area is 124 Å². The monoisotopic (exact) mass is 290 g/mol. The molecular formula is C17H20F2N2. The van der Waals surface area contributed by atoms with Gasteiger partial charge in [0.15, 0.2) is 0 Å². The lowest BCUT2D eigenvalue weighted by atomic mass is 9.97. The minimum absolute atomic E-state index is 0.114. The highest BCUT2D eigenvalue weighted by atomic mass is 19.1. The van der Waals surface area contributed by atoms with Crippen molar-refractivity contribution >= 4 is 0 Å². The molecule has 1 unspecified atom stereocenters. The number of hydrogen-bond donors (Lipinski definition) is 1. The van der Waals surface area contributed by atoms with E-state index < -0.39 is 11.6 Å². The SMILES string of the molecule is CCNC(Cc1c(F)cccc1F)c1ccc(C)nc1C. The van der Waals surface area contributed by atoms with Gasteiger partial charge in [-0.05, 0) is 50.6 Å². The quantitative estimate of drug-likeness (QED) is 0.904. The molecule has 4 heteroatoms. The molecule has 1 atom stereocenters. The van der Waals surface area contributed by atoms with Crippen molar-refractivity contribution in [1.29, 1.82) is 0 Å². The first-order valence-corrected chi connectivity index (χ1v) is 7.13. The van der Waals surface area contributed by atoms with E-state index >= 15 is 0 Å². The molecule has 0 aliphatic heterocycles. The number of aromatic nitrogens is 1. The number of pyridine rings is 1. The Balaban J connectivity index is 2.35. The van der Waals surface area contributed by atoms with Gasteiger partial charge in [-0.2, -0.15) is 0 Å². The van der Waals surface area contributed by atoms with Gasteiger partial charge in [-0.15, -0.1) is 0 Å². The summed E-state index contributed by atoms with van der Waals surface area (Å²) in [5, 5.41) is 3.29. The third-order valence-electron chi connectivity index (χ3n) is 3.56. The molecule has 0 aliphatic rings. The van der Waals surface area contributed by atoms with Gasteiger partial charge in [0.25, 0.3) is 0 Å². The maximum absolute atomic E-state index is 13.8. The van der Waals surface area contributed by atoms with Crippen molar-refractivity contribution in [3.63, 3.8) is 0 Å². The van der Waals surface area contributed by atoms with Crippen molar-refractivity contribution in [2.45, 2.75) is 33.2 Å². The van der Waals surface area contributed by atoms with Crippen LogP contribution in [0.5, 0.6) is 0 Å². The fourth-order valence-corrected chi connectivity index (χ4v) is 2.54. The molecule has 0 radical (unpaired) electrons. The van der Waals surface area contributed by atoms with Crippen LogP contribution in [0.15, 0.2) is 30.3 Å². The van der Waals surface area contributed by atoms with Crippen LogP contribution in [0.25, 0.3) is 0 Å². The standard InChI is InChI=1S/C17H20F2N2/c1-4-20-17(13-9-8-11(2)21-12(13)3)10-14-15(18)6-5-7-16(14)19/h5-9,17,20H,4,10H2,1-3H3. The first kappa shape index (κ1) is 15.6. The average molecular weight is 290 g/mol. The van der Waals surface area contributed by atoms with Crippen LogP contribution in [0.4, 0.5) is 8.78 Å². The summed E-state index contributed by atoms with van der Waals surface area (Å²) in [7, 11) is 0. The molecule has 2 nitrogen and oxygen atoms in total. The average Bonchev–Trinajstić information content (AvgIpc) is 2.42. The molecule has 1 N–H and O–H groups in total. The molecule has 1 heterocycles. The van der Waals surface area contributed by atoms with Gasteiger partial charge in [-0.25, -0.2) is 8.78 Å². The molecule has 0 amide bonds. The number of likely N-dealkylation sites (N-methyl/N-ethyl adjacent to an activating group) is 1. The van der Waals surface area contributed by atoms with E-state index in [4.69, 9.17) is 0 Å². The first-order chi connectivity index (χ1) is 10.0. The van der Waals surface area contributed by atoms with Crippen molar-refractivity contribution in [2.24, 2.45) is 0 Å². The molecule has 2 aromatic rings. The summed E-state index contributed by atoms with van der Waals surface area (Å²) >= 11 is 0. The summed E-state index contributed by atoms with van der Waals surface area (Å²) in [6.07, 6.45) is 0.262. The Morgan fingerprint density at radius 2 is 1.76 bits per heavy atom. The van der Waals surface area contributed by atoms with E-state index in [1.807, 2.05) is 32.9 Å². The van der Waals surface area contributed by atoms with E-state index in [0.29, 0.717) is 6.54 Å². The Hall–Kier alpha value is -1.81. The van der Waals surface area contributed by atoms with Gasteiger partial charge in [-0.1, -0.05) is 19.1 Å². The Bertz CT molecular complexity index is 606. The topological polar surface area (TPSA) is 24.9 Å². The number of benzene rings is 1. The van der Waals surface area contributed by atoms with Crippen molar-refractivity contribution in [3.05, 3.63) is 64.5 Å². The molecule has 112 valence electrons. The van der Waals surface area contributed by atoms with Crippen molar-refractivity contribution < 1.29 is 8.78 Å². The maximum Gasteiger partial charge on any atom is 0.129 e. The first-order valence-electron chi connectivity index (χ1n) is 7.13. The Morgan fingerprint density at radius 1 is 1.10 bits per heavy atom. The van der Waals surface area contributed by atoms with Gasteiger partial charge < -0.3 is 5.32 Å². The maximum atomic E-state index is 13.8. The number of hydrogen-bond acceptors (Lipinski definition) is 2. The molecule has 0 spiro atoms. The fraction of sp³-hybridized carbons (Fsp3) is 0.353. The number of halogens is 2. The van der Waals surface area contributed by atoms with Crippen molar-refractivity contribution in [2.75, 3.05) is 6.54 Å². The van der Waals surface area contributed by atoms with Crippen LogP contribution in [-0.2, 0) is 6.42 Å². The molecule has 0 saturated heterocycles. The third-order valence-corrected chi connectivity index (χ3v) is 3.56. The highest BCUT2D eigenvalue weighted by Gasteiger charge is 2.18. The van der Waals surface area contributed by atoms with Gasteiger partial charge in [0, 0.05) is 23.0 Å². The smallest absolute Gasteiger partial charge is 0.129 e. The fourth-order valence-electron chi connectivity index (χ4n) is 2.54. The largest absolute Gasteiger partial charge is 0.310 e. The lowest BCUT2D eigenvalue weighted by Gasteiger charge is -2.21. The van der Waals surface area contributed by atoms with E-state index in [0.717, 1.165) is 17.0 Å². The Kier molecular flexibility index (Phi) is 5.02. The zero-order valence-corrected chi connectivity index (χ0v) is 12.6. The molecule has 0 bridgehead atoms. The van der Waals surface area contributed by atoms with Gasteiger partial charge in [0.05, 0.1) is 0 Å². The minimum Gasteiger partial charge on any atom is -0.310 e. The predicted molar refractivity (Wildman–Crippen MR) is 80.2 cm³/mol. The number of nitrogens with one attached hydrogen (secondary N) is 1. The molecule has 0 fully saturated rings. The zero-order valence-electron chi connectivity index (χ0n) is 12.6. The van der Waals surface area contributed by atoms with Gasteiger partial charge in [-0.3, -0.25) is 4.98 Å². The van der Waals surface area contributed by atoms with Crippen LogP contribution in [0.1, 0.15) is 35.5 Å². The number of rotatable bonds is 5. The molecule has 21 heavy (non-hydrogen) atoms. The second-order valence-electron chi connectivity index (χ2n) is 5.14. The van der Waals surface area contributed by atoms with Crippen LogP contribution in [0.3, 0.4) is 0 Å². The summed E-state index contributed by atoms with van der Waals surface area (Å²) in [6.45, 7) is 6.54. The third kappa shape index (κ3) is 3.64. The number of aryl methyl sites for hydroxylation is 2. The lowest BCUT2D eigenvalue weighted by molar-refractivity contribution is 0.497. The zero-order chi connectivity index (χ0) is 15.4. The predicted octanol–water partition coefficient (Wildman–Crippen LogP) is 3.87. The minimum atomic E-state index is -0.504. The Morgan fingerprint density at radius 3 is 2.33 bits per heavy atom. The second kappa shape index (κ2) is 6.76. The van der Waals surface area contributed by atoms with Crippen LogP contribution in [0, 0.1) is 25.5 Å². The molecule has 1 aromatic carbocycles. The summed E-state index contributed by atoms with van der Waals surface area (Å²) in [5.74, 6) is -1.01. The highest BCUT2D eigenvalue weighted by molar-refractivity contribution is 5.29. The van der Waals surface area contributed by atoms with Crippen LogP contribution >= 0.6 is 0 Å². The summed E-state index contributed by atoms with van der Waals surface area (Å²) < 4.78 is 27.7. The molecule has 2 rings (SSSR count). The summed E-state index contributed by atoms with van der Waals surface area (Å²) in [4.78, 5) is 4.44. The van der Waals surface area contributed by atoms with Gasteiger partial charge in [0.1, 0.15) is 11.6 Å². The summed E-state index contributed by atoms with van der Waals surface area (Å²) in [5.41, 5.74) is 2.91. The molecular weight excluding hydrogens is 270 g/mol. The second-order valence-corrected chi connectivity index (χ2v) is 5.14. The van der Waals surface area contributed by atoms with E-state index in [2.05, 4.69) is 10.3 Å². The van der Waals surface area contributed by atoms with Gasteiger partial charge in [0.2, 0.25) is 0 Å². The van der Waals surface area contributed by atoms with Gasteiger partial charge >= 0.3 is 0 Å². The highest BCUT2D eigenvalue weighted by Crippen LogP contribution is 2.24. The van der Waals surface area contributed by atoms with E-state index in [9.17, 15) is 8.78 Å².